The van der Waals surface area contributed by atoms with Crippen molar-refractivity contribution < 1.29 is 4.42 Å². The summed E-state index contributed by atoms with van der Waals surface area (Å²) >= 11 is 0. The number of hydrogen-bond acceptors (Lipinski definition) is 4. The summed E-state index contributed by atoms with van der Waals surface area (Å²) < 4.78 is 5.70. The summed E-state index contributed by atoms with van der Waals surface area (Å²) in [6.45, 7) is 8.98. The molecule has 4 nitrogen and oxygen atoms in total. The Morgan fingerprint density at radius 1 is 1.31 bits per heavy atom. The zero-order valence-electron chi connectivity index (χ0n) is 10.2. The Morgan fingerprint density at radius 2 is 2.06 bits per heavy atom. The van der Waals surface area contributed by atoms with Gasteiger partial charge in [0.1, 0.15) is 0 Å². The zero-order valence-corrected chi connectivity index (χ0v) is 10.2. The van der Waals surface area contributed by atoms with E-state index in [2.05, 4.69) is 22.2 Å². The first-order valence-electron chi connectivity index (χ1n) is 5.52. The molecular weight excluding hydrogens is 202 g/mol. The molecule has 0 aliphatic carbocycles. The molecule has 4 heteroatoms. The lowest BCUT2D eigenvalue weighted by molar-refractivity contribution is 0.323. The molecule has 0 saturated carbocycles. The number of nitrogens with one attached hydrogen (secondary N) is 1. The SMILES string of the molecule is CCNC(C)(C)c1nc2nc(C)ccc2o1. The molecule has 0 radical (unpaired) electrons. The van der Waals surface area contributed by atoms with Crippen LogP contribution in [0, 0.1) is 6.92 Å². The van der Waals surface area contributed by atoms with Gasteiger partial charge >= 0.3 is 0 Å². The van der Waals surface area contributed by atoms with Gasteiger partial charge in [-0.25, -0.2) is 4.98 Å². The summed E-state index contributed by atoms with van der Waals surface area (Å²) in [5.74, 6) is 0.683. The summed E-state index contributed by atoms with van der Waals surface area (Å²) in [7, 11) is 0. The van der Waals surface area contributed by atoms with Crippen molar-refractivity contribution >= 4 is 11.2 Å². The molecule has 0 spiro atoms. The molecule has 0 fully saturated rings. The number of pyridine rings is 1. The Hall–Kier alpha value is -1.42. The van der Waals surface area contributed by atoms with Gasteiger partial charge in [-0.2, -0.15) is 4.98 Å². The van der Waals surface area contributed by atoms with Gasteiger partial charge in [0.15, 0.2) is 11.2 Å². The maximum Gasteiger partial charge on any atom is 0.216 e. The standard InChI is InChI=1S/C12H17N3O/c1-5-13-12(3,4)11-15-10-9(16-11)7-6-8(2)14-10/h6-7,13H,5H2,1-4H3. The largest absolute Gasteiger partial charge is 0.437 e. The number of hydrogen-bond donors (Lipinski definition) is 1. The Labute approximate surface area is 95.1 Å². The maximum atomic E-state index is 5.70. The van der Waals surface area contributed by atoms with Crippen molar-refractivity contribution in [1.29, 1.82) is 0 Å². The van der Waals surface area contributed by atoms with E-state index in [0.29, 0.717) is 11.5 Å². The van der Waals surface area contributed by atoms with Crippen LogP contribution >= 0.6 is 0 Å². The highest BCUT2D eigenvalue weighted by Crippen LogP contribution is 2.23. The molecule has 0 amide bonds. The number of nitrogens with zero attached hydrogens (tertiary/aromatic N) is 2. The van der Waals surface area contributed by atoms with Crippen molar-refractivity contribution in [2.75, 3.05) is 6.54 Å². The molecule has 2 aromatic heterocycles. The van der Waals surface area contributed by atoms with Crippen molar-refractivity contribution in [3.8, 4) is 0 Å². The second-order valence-electron chi connectivity index (χ2n) is 4.45. The third-order valence-electron chi connectivity index (χ3n) is 2.55. The first-order chi connectivity index (χ1) is 7.53. The van der Waals surface area contributed by atoms with Gasteiger partial charge in [-0.3, -0.25) is 0 Å². The number of aromatic nitrogens is 2. The normalized spacial score (nSPS) is 12.2. The van der Waals surface area contributed by atoms with Gasteiger partial charge in [-0.15, -0.1) is 0 Å². The maximum absolute atomic E-state index is 5.70. The van der Waals surface area contributed by atoms with Gasteiger partial charge in [0.25, 0.3) is 0 Å². The van der Waals surface area contributed by atoms with Crippen LogP contribution in [0.2, 0.25) is 0 Å². The monoisotopic (exact) mass is 219 g/mol. The lowest BCUT2D eigenvalue weighted by atomic mass is 10.1. The fourth-order valence-corrected chi connectivity index (χ4v) is 1.70. The van der Waals surface area contributed by atoms with E-state index in [4.69, 9.17) is 4.42 Å². The minimum atomic E-state index is -0.261. The van der Waals surface area contributed by atoms with Gasteiger partial charge in [-0.05, 0) is 39.4 Å². The van der Waals surface area contributed by atoms with E-state index in [-0.39, 0.29) is 5.54 Å². The zero-order chi connectivity index (χ0) is 11.8. The molecule has 2 rings (SSSR count). The molecule has 2 heterocycles. The van der Waals surface area contributed by atoms with Crippen molar-refractivity contribution in [2.45, 2.75) is 33.2 Å². The average Bonchev–Trinajstić information content (AvgIpc) is 2.61. The van der Waals surface area contributed by atoms with Crippen molar-refractivity contribution in [3.63, 3.8) is 0 Å². The van der Waals surface area contributed by atoms with E-state index >= 15 is 0 Å². The van der Waals surface area contributed by atoms with Crippen LogP contribution in [0.4, 0.5) is 0 Å². The van der Waals surface area contributed by atoms with Crippen LogP contribution in [0.15, 0.2) is 16.5 Å². The molecule has 0 unspecified atom stereocenters. The third-order valence-corrected chi connectivity index (χ3v) is 2.55. The molecule has 1 N–H and O–H groups in total. The topological polar surface area (TPSA) is 51.0 Å². The van der Waals surface area contributed by atoms with Gasteiger partial charge < -0.3 is 9.73 Å². The highest BCUT2D eigenvalue weighted by atomic mass is 16.4. The first kappa shape index (κ1) is 11.1. The Kier molecular flexibility index (Phi) is 2.68. The molecule has 0 saturated heterocycles. The number of oxazole rings is 1. The van der Waals surface area contributed by atoms with Crippen LogP contribution < -0.4 is 5.32 Å². The highest BCUT2D eigenvalue weighted by Gasteiger charge is 2.25. The second-order valence-corrected chi connectivity index (χ2v) is 4.45. The molecule has 0 aliphatic heterocycles. The molecule has 0 bridgehead atoms. The number of aryl methyl sites for hydroxylation is 1. The van der Waals surface area contributed by atoms with Crippen LogP contribution in [0.25, 0.3) is 11.2 Å². The average molecular weight is 219 g/mol. The lowest BCUT2D eigenvalue weighted by Crippen LogP contribution is -2.36. The Balaban J connectivity index is 2.46. The molecule has 16 heavy (non-hydrogen) atoms. The van der Waals surface area contributed by atoms with Crippen molar-refractivity contribution in [1.82, 2.24) is 15.3 Å². The summed E-state index contributed by atoms with van der Waals surface area (Å²) in [5, 5.41) is 3.33. The molecule has 0 aromatic carbocycles. The van der Waals surface area contributed by atoms with Crippen molar-refractivity contribution in [3.05, 3.63) is 23.7 Å². The fourth-order valence-electron chi connectivity index (χ4n) is 1.70. The quantitative estimate of drug-likeness (QED) is 0.861. The van der Waals surface area contributed by atoms with E-state index < -0.39 is 0 Å². The third kappa shape index (κ3) is 1.93. The second kappa shape index (κ2) is 3.87. The highest BCUT2D eigenvalue weighted by molar-refractivity contribution is 5.67. The molecular formula is C12H17N3O. The van der Waals surface area contributed by atoms with Gasteiger partial charge in [0.2, 0.25) is 5.89 Å². The minimum Gasteiger partial charge on any atom is -0.437 e. The van der Waals surface area contributed by atoms with E-state index in [0.717, 1.165) is 17.8 Å². The summed E-state index contributed by atoms with van der Waals surface area (Å²) in [4.78, 5) is 8.76. The van der Waals surface area contributed by atoms with Gasteiger partial charge in [0.05, 0.1) is 5.54 Å². The molecule has 2 aromatic rings. The predicted octanol–water partition coefficient (Wildman–Crippen LogP) is 2.38. The number of rotatable bonds is 3. The molecule has 86 valence electrons. The Bertz CT molecular complexity index is 502. The predicted molar refractivity (Wildman–Crippen MR) is 63.2 cm³/mol. The van der Waals surface area contributed by atoms with Crippen molar-refractivity contribution in [2.24, 2.45) is 0 Å². The van der Waals surface area contributed by atoms with Gasteiger partial charge in [-0.1, -0.05) is 6.92 Å². The van der Waals surface area contributed by atoms with E-state index in [1.165, 1.54) is 0 Å². The van der Waals surface area contributed by atoms with Gasteiger partial charge in [0, 0.05) is 5.69 Å². The first-order valence-corrected chi connectivity index (χ1v) is 5.52. The van der Waals surface area contributed by atoms with Crippen LogP contribution in [0.3, 0.4) is 0 Å². The van der Waals surface area contributed by atoms with E-state index in [9.17, 15) is 0 Å². The van der Waals surface area contributed by atoms with Crippen LogP contribution in [0.1, 0.15) is 32.4 Å². The lowest BCUT2D eigenvalue weighted by Gasteiger charge is -2.21. The van der Waals surface area contributed by atoms with E-state index in [1.807, 2.05) is 32.9 Å². The van der Waals surface area contributed by atoms with Crippen LogP contribution in [-0.2, 0) is 5.54 Å². The summed E-state index contributed by atoms with van der Waals surface area (Å²) in [6, 6.07) is 3.84. The smallest absolute Gasteiger partial charge is 0.216 e. The molecule has 0 aliphatic rings. The Morgan fingerprint density at radius 3 is 2.75 bits per heavy atom. The summed E-state index contributed by atoms with van der Waals surface area (Å²) in [5.41, 5.74) is 2.12. The number of fused-ring (bicyclic) bond motifs is 1. The summed E-state index contributed by atoms with van der Waals surface area (Å²) in [6.07, 6.45) is 0. The minimum absolute atomic E-state index is 0.261. The molecule has 0 atom stereocenters. The van der Waals surface area contributed by atoms with Crippen LogP contribution in [-0.4, -0.2) is 16.5 Å². The fraction of sp³-hybridized carbons (Fsp3) is 0.500. The van der Waals surface area contributed by atoms with E-state index in [1.54, 1.807) is 0 Å². The van der Waals surface area contributed by atoms with Crippen LogP contribution in [0.5, 0.6) is 0 Å².